The number of nitro benzene ring substituents is 1. The van der Waals surface area contributed by atoms with Crippen LogP contribution in [0.5, 0.6) is 0 Å². The largest absolute Gasteiger partial charge is 0.465 e. The third kappa shape index (κ3) is 4.25. The van der Waals surface area contributed by atoms with Crippen molar-refractivity contribution in [2.24, 2.45) is 0 Å². The first-order valence-electron chi connectivity index (χ1n) is 5.86. The number of nitrogens with zero attached hydrogens (tertiary/aromatic N) is 2. The first-order chi connectivity index (χ1) is 9.90. The summed E-state index contributed by atoms with van der Waals surface area (Å²) in [6, 6.07) is 5.24. The van der Waals surface area contributed by atoms with Crippen molar-refractivity contribution in [2.75, 3.05) is 6.61 Å². The van der Waals surface area contributed by atoms with Crippen molar-refractivity contribution in [1.82, 2.24) is 0 Å². The van der Waals surface area contributed by atoms with E-state index in [1.165, 1.54) is 12.1 Å². The highest BCUT2D eigenvalue weighted by Gasteiger charge is 2.29. The molecule has 0 fully saturated rings. The average Bonchev–Trinajstić information content (AvgIpc) is 2.40. The fourth-order valence-electron chi connectivity index (χ4n) is 1.71. The molecule has 8 nitrogen and oxygen atoms in total. The second kappa shape index (κ2) is 7.35. The number of rotatable bonds is 6. The molecule has 0 aliphatic carbocycles. The van der Waals surface area contributed by atoms with Crippen LogP contribution >= 0.6 is 0 Å². The lowest BCUT2D eigenvalue weighted by Gasteiger charge is -2.09. The number of nitro groups is 1. The van der Waals surface area contributed by atoms with Crippen LogP contribution in [0.15, 0.2) is 18.2 Å². The summed E-state index contributed by atoms with van der Waals surface area (Å²) in [5.74, 6) is -2.67. The van der Waals surface area contributed by atoms with Gasteiger partial charge in [-0.05, 0) is 18.6 Å². The molecule has 0 bridgehead atoms. The Balaban J connectivity index is 3.31. The molecular formula is C12H12N2O6S. The lowest BCUT2D eigenvalue weighted by atomic mass is 9.97. The van der Waals surface area contributed by atoms with Gasteiger partial charge in [-0.25, -0.2) is 8.42 Å². The quantitative estimate of drug-likeness (QED) is 0.357. The van der Waals surface area contributed by atoms with Gasteiger partial charge in [-0.1, -0.05) is 6.07 Å². The number of carbonyl (C=O) groups excluding carboxylic acids is 1. The van der Waals surface area contributed by atoms with Crippen LogP contribution < -0.4 is 0 Å². The molecule has 0 spiro atoms. The molecule has 9 heteroatoms. The fourth-order valence-corrected chi connectivity index (χ4v) is 2.21. The molecule has 1 aromatic carbocycles. The van der Waals surface area contributed by atoms with Crippen LogP contribution in [0.25, 0.3) is 0 Å². The van der Waals surface area contributed by atoms with Gasteiger partial charge in [-0.2, -0.15) is 5.26 Å². The van der Waals surface area contributed by atoms with Crippen LogP contribution in [0.2, 0.25) is 0 Å². The highest BCUT2D eigenvalue weighted by atomic mass is 32.2. The van der Waals surface area contributed by atoms with Gasteiger partial charge in [0.2, 0.25) is 0 Å². The van der Waals surface area contributed by atoms with Crippen LogP contribution in [0.3, 0.4) is 0 Å². The Morgan fingerprint density at radius 2 is 2.19 bits per heavy atom. The lowest BCUT2D eigenvalue weighted by Crippen LogP contribution is -2.16. The van der Waals surface area contributed by atoms with Crippen molar-refractivity contribution in [2.45, 2.75) is 18.6 Å². The number of hydrogen-bond donors (Lipinski definition) is 1. The number of hydrogen-bond acceptors (Lipinski definition) is 7. The molecule has 21 heavy (non-hydrogen) atoms. The van der Waals surface area contributed by atoms with E-state index in [1.54, 1.807) is 13.0 Å². The molecule has 1 aromatic rings. The Morgan fingerprint density at radius 1 is 1.52 bits per heavy atom. The van der Waals surface area contributed by atoms with Gasteiger partial charge in [0, 0.05) is 6.07 Å². The Hall–Kier alpha value is -2.47. The van der Waals surface area contributed by atoms with Gasteiger partial charge >= 0.3 is 5.97 Å². The summed E-state index contributed by atoms with van der Waals surface area (Å²) in [5, 5.41) is 20.1. The SMILES string of the molecule is CCOC(=O)C(C#N)c1ccc(C[SH](=O)=O)cc1[N+](=O)[O-]. The zero-order valence-electron chi connectivity index (χ0n) is 11.0. The summed E-state index contributed by atoms with van der Waals surface area (Å²) in [7, 11) is -2.73. The van der Waals surface area contributed by atoms with Crippen molar-refractivity contribution >= 4 is 22.4 Å². The van der Waals surface area contributed by atoms with E-state index in [1.807, 2.05) is 0 Å². The predicted octanol–water partition coefficient (Wildman–Crippen LogP) is 0.876. The Bertz CT molecular complexity index is 669. The van der Waals surface area contributed by atoms with Crippen LogP contribution in [0.4, 0.5) is 5.69 Å². The van der Waals surface area contributed by atoms with Crippen molar-refractivity contribution in [1.29, 1.82) is 5.26 Å². The number of nitriles is 1. The van der Waals surface area contributed by atoms with E-state index in [2.05, 4.69) is 0 Å². The number of esters is 1. The molecule has 1 atom stereocenters. The maximum atomic E-state index is 11.6. The van der Waals surface area contributed by atoms with Gasteiger partial charge in [-0.3, -0.25) is 14.9 Å². The van der Waals surface area contributed by atoms with Crippen molar-refractivity contribution in [3.05, 3.63) is 39.4 Å². The van der Waals surface area contributed by atoms with Crippen molar-refractivity contribution in [3.63, 3.8) is 0 Å². The minimum atomic E-state index is -2.73. The summed E-state index contributed by atoms with van der Waals surface area (Å²) in [6.45, 7) is 1.59. The molecule has 0 amide bonds. The van der Waals surface area contributed by atoms with E-state index in [4.69, 9.17) is 10.00 Å². The van der Waals surface area contributed by atoms with Crippen molar-refractivity contribution in [3.8, 4) is 6.07 Å². The highest BCUT2D eigenvalue weighted by Crippen LogP contribution is 2.28. The molecule has 0 N–H and O–H groups in total. The van der Waals surface area contributed by atoms with Gasteiger partial charge in [-0.15, -0.1) is 0 Å². The molecule has 0 aliphatic heterocycles. The van der Waals surface area contributed by atoms with Gasteiger partial charge in [0.15, 0.2) is 5.92 Å². The van der Waals surface area contributed by atoms with Crippen LogP contribution in [0.1, 0.15) is 24.0 Å². The third-order valence-corrected chi connectivity index (χ3v) is 3.19. The van der Waals surface area contributed by atoms with Gasteiger partial charge in [0.1, 0.15) is 10.7 Å². The first kappa shape index (κ1) is 16.6. The summed E-state index contributed by atoms with van der Waals surface area (Å²) in [5.41, 5.74) is -0.392. The summed E-state index contributed by atoms with van der Waals surface area (Å²) in [6.07, 6.45) is 0. The lowest BCUT2D eigenvalue weighted by molar-refractivity contribution is -0.385. The number of ether oxygens (including phenoxy) is 1. The Labute approximate surface area is 122 Å². The molecule has 1 rings (SSSR count). The second-order valence-electron chi connectivity index (χ2n) is 3.96. The molecule has 0 heterocycles. The molecular weight excluding hydrogens is 300 g/mol. The van der Waals surface area contributed by atoms with Gasteiger partial charge < -0.3 is 4.74 Å². The zero-order valence-corrected chi connectivity index (χ0v) is 11.9. The Kier molecular flexibility index (Phi) is 5.80. The predicted molar refractivity (Wildman–Crippen MR) is 72.1 cm³/mol. The third-order valence-electron chi connectivity index (χ3n) is 2.57. The molecule has 0 aromatic heterocycles. The van der Waals surface area contributed by atoms with E-state index < -0.39 is 33.2 Å². The molecule has 112 valence electrons. The maximum Gasteiger partial charge on any atom is 0.328 e. The molecule has 0 aliphatic rings. The first-order valence-corrected chi connectivity index (χ1v) is 7.22. The summed E-state index contributed by atoms with van der Waals surface area (Å²) >= 11 is 0. The van der Waals surface area contributed by atoms with Crippen LogP contribution in [0, 0.1) is 21.4 Å². The second-order valence-corrected chi connectivity index (χ2v) is 4.94. The summed E-state index contributed by atoms with van der Waals surface area (Å²) in [4.78, 5) is 21.9. The van der Waals surface area contributed by atoms with Crippen LogP contribution in [-0.2, 0) is 26.0 Å². The zero-order chi connectivity index (χ0) is 16.0. The molecule has 0 saturated heterocycles. The van der Waals surface area contributed by atoms with E-state index in [9.17, 15) is 23.3 Å². The van der Waals surface area contributed by atoms with Gasteiger partial charge in [0.25, 0.3) is 5.69 Å². The maximum absolute atomic E-state index is 11.6. The molecule has 0 saturated carbocycles. The van der Waals surface area contributed by atoms with Crippen LogP contribution in [-0.4, -0.2) is 25.9 Å². The molecule has 0 radical (unpaired) electrons. The topological polar surface area (TPSA) is 127 Å². The minimum Gasteiger partial charge on any atom is -0.465 e. The van der Waals surface area contributed by atoms with E-state index in [0.717, 1.165) is 6.07 Å². The monoisotopic (exact) mass is 312 g/mol. The number of thiol groups is 1. The number of benzene rings is 1. The normalized spacial score (nSPS) is 11.7. The summed E-state index contributed by atoms with van der Waals surface area (Å²) < 4.78 is 26.0. The highest BCUT2D eigenvalue weighted by molar-refractivity contribution is 7.71. The van der Waals surface area contributed by atoms with E-state index >= 15 is 0 Å². The van der Waals surface area contributed by atoms with E-state index in [0.29, 0.717) is 0 Å². The van der Waals surface area contributed by atoms with E-state index in [-0.39, 0.29) is 23.5 Å². The minimum absolute atomic E-state index is 0.0412. The standard InChI is InChI=1S/C12H12N2O6S/c1-2-20-12(15)10(6-13)9-4-3-8(7-21(18)19)5-11(9)14(16)17/h3-5,10,21H,2,7H2,1H3. The molecule has 1 unspecified atom stereocenters. The van der Waals surface area contributed by atoms with Gasteiger partial charge in [0.05, 0.1) is 28.9 Å². The van der Waals surface area contributed by atoms with Crippen molar-refractivity contribution < 1.29 is 22.9 Å². The number of carbonyl (C=O) groups is 1. The fraction of sp³-hybridized carbons (Fsp3) is 0.333. The average molecular weight is 312 g/mol. The smallest absolute Gasteiger partial charge is 0.328 e. The Morgan fingerprint density at radius 3 is 2.67 bits per heavy atom.